The number of hydrogen-bond acceptors (Lipinski definition) is 4. The molecular weight excluding hydrogens is 349 g/mol. The highest BCUT2D eigenvalue weighted by Gasteiger charge is 2.24. The van der Waals surface area contributed by atoms with Gasteiger partial charge in [-0.25, -0.2) is 9.97 Å². The number of fused-ring (bicyclic) bond motifs is 1. The van der Waals surface area contributed by atoms with Crippen molar-refractivity contribution in [3.05, 3.63) is 52.0 Å². The fourth-order valence-corrected chi connectivity index (χ4v) is 3.08. The minimum Gasteiger partial charge on any atom is -0.492 e. The number of benzene rings is 1. The van der Waals surface area contributed by atoms with Crippen LogP contribution in [0.1, 0.15) is 36.6 Å². The van der Waals surface area contributed by atoms with Crippen LogP contribution in [-0.2, 0) is 11.2 Å². The van der Waals surface area contributed by atoms with Crippen LogP contribution >= 0.6 is 23.2 Å². The molecule has 7 heteroatoms. The van der Waals surface area contributed by atoms with Crippen molar-refractivity contribution in [3.8, 4) is 5.75 Å². The summed E-state index contributed by atoms with van der Waals surface area (Å²) in [6.07, 6.45) is 5.73. The van der Waals surface area contributed by atoms with E-state index in [1.807, 2.05) is 12.1 Å². The largest absolute Gasteiger partial charge is 0.492 e. The van der Waals surface area contributed by atoms with Crippen LogP contribution < -0.4 is 10.1 Å². The highest BCUT2D eigenvalue weighted by atomic mass is 35.5. The molecule has 1 atom stereocenters. The lowest BCUT2D eigenvalue weighted by Crippen LogP contribution is -2.28. The summed E-state index contributed by atoms with van der Waals surface area (Å²) < 4.78 is 5.72. The number of carbonyl (C=O) groups excluding carboxylic acids is 1. The van der Waals surface area contributed by atoms with Gasteiger partial charge in [-0.1, -0.05) is 29.3 Å². The first-order chi connectivity index (χ1) is 11.6. The number of rotatable bonds is 4. The van der Waals surface area contributed by atoms with E-state index in [4.69, 9.17) is 27.9 Å². The average Bonchev–Trinajstić information content (AvgIpc) is 2.80. The number of aryl methyl sites for hydroxylation is 1. The molecule has 3 rings (SSSR count). The molecule has 0 saturated carbocycles. The predicted octanol–water partition coefficient (Wildman–Crippen LogP) is 3.75. The molecule has 0 unspecified atom stereocenters. The molecule has 0 radical (unpaired) electrons. The maximum Gasteiger partial charge on any atom is 0.220 e. The van der Waals surface area contributed by atoms with Crippen LogP contribution in [-0.4, -0.2) is 22.5 Å². The monoisotopic (exact) mass is 365 g/mol. The summed E-state index contributed by atoms with van der Waals surface area (Å²) in [5, 5.41) is 3.92. The lowest BCUT2D eigenvalue weighted by Gasteiger charge is -2.19. The van der Waals surface area contributed by atoms with E-state index < -0.39 is 0 Å². The van der Waals surface area contributed by atoms with E-state index in [9.17, 15) is 4.79 Å². The van der Waals surface area contributed by atoms with Gasteiger partial charge in [0.1, 0.15) is 17.1 Å². The molecule has 1 aliphatic rings. The molecule has 0 bridgehead atoms. The van der Waals surface area contributed by atoms with E-state index in [0.717, 1.165) is 24.1 Å². The average molecular weight is 366 g/mol. The third-order valence-corrected chi connectivity index (χ3v) is 4.71. The number of nitrogens with one attached hydrogen (secondary N) is 1. The number of carbonyl (C=O) groups is 1. The zero-order valence-electron chi connectivity index (χ0n) is 13.0. The van der Waals surface area contributed by atoms with Gasteiger partial charge in [0.05, 0.1) is 17.7 Å². The second kappa shape index (κ2) is 7.81. The van der Waals surface area contributed by atoms with E-state index in [0.29, 0.717) is 35.2 Å². The lowest BCUT2D eigenvalue weighted by molar-refractivity contribution is -0.121. The topological polar surface area (TPSA) is 64.1 Å². The molecule has 5 nitrogen and oxygen atoms in total. The first kappa shape index (κ1) is 17.0. The van der Waals surface area contributed by atoms with Crippen molar-refractivity contribution in [2.75, 3.05) is 6.61 Å². The SMILES string of the molecule is O=C(CCc1ccncn1)N[C@H]1CCCOc2c1ccc(Cl)c2Cl. The van der Waals surface area contributed by atoms with Gasteiger partial charge in [-0.05, 0) is 31.4 Å². The molecule has 1 aromatic heterocycles. The maximum absolute atomic E-state index is 12.3. The molecule has 2 aromatic rings. The highest BCUT2D eigenvalue weighted by Crippen LogP contribution is 2.40. The number of halogens is 2. The molecule has 1 N–H and O–H groups in total. The summed E-state index contributed by atoms with van der Waals surface area (Å²) in [7, 11) is 0. The van der Waals surface area contributed by atoms with Gasteiger partial charge in [-0.3, -0.25) is 4.79 Å². The van der Waals surface area contributed by atoms with E-state index in [1.165, 1.54) is 6.33 Å². The lowest BCUT2D eigenvalue weighted by atomic mass is 10.0. The maximum atomic E-state index is 12.3. The minimum atomic E-state index is -0.129. The fourth-order valence-electron chi connectivity index (χ4n) is 2.71. The van der Waals surface area contributed by atoms with Crippen LogP contribution in [0.3, 0.4) is 0 Å². The van der Waals surface area contributed by atoms with Crippen LogP contribution in [0.5, 0.6) is 5.75 Å². The van der Waals surface area contributed by atoms with Crippen molar-refractivity contribution in [3.63, 3.8) is 0 Å². The smallest absolute Gasteiger partial charge is 0.220 e. The Morgan fingerprint density at radius 2 is 2.21 bits per heavy atom. The fraction of sp³-hybridized carbons (Fsp3) is 0.353. The Hall–Kier alpha value is -1.85. The summed E-state index contributed by atoms with van der Waals surface area (Å²) in [5.41, 5.74) is 1.72. The van der Waals surface area contributed by atoms with E-state index in [2.05, 4.69) is 15.3 Å². The van der Waals surface area contributed by atoms with E-state index in [-0.39, 0.29) is 11.9 Å². The predicted molar refractivity (Wildman–Crippen MR) is 92.4 cm³/mol. The van der Waals surface area contributed by atoms with Crippen molar-refractivity contribution in [1.29, 1.82) is 0 Å². The summed E-state index contributed by atoms with van der Waals surface area (Å²) in [5.74, 6) is 0.542. The molecule has 0 fully saturated rings. The molecule has 0 spiro atoms. The normalized spacial score (nSPS) is 16.7. The van der Waals surface area contributed by atoms with Gasteiger partial charge in [0.25, 0.3) is 0 Å². The number of ether oxygens (including phenoxy) is 1. The van der Waals surface area contributed by atoms with Crippen LogP contribution in [0.25, 0.3) is 0 Å². The second-order valence-corrected chi connectivity index (χ2v) is 6.38. The Morgan fingerprint density at radius 1 is 1.33 bits per heavy atom. The Kier molecular flexibility index (Phi) is 5.53. The third-order valence-electron chi connectivity index (χ3n) is 3.93. The number of aromatic nitrogens is 2. The Morgan fingerprint density at radius 3 is 3.00 bits per heavy atom. The summed E-state index contributed by atoms with van der Waals surface area (Å²) in [6.45, 7) is 0.556. The van der Waals surface area contributed by atoms with E-state index in [1.54, 1.807) is 12.3 Å². The molecule has 1 amide bonds. The Balaban J connectivity index is 1.69. The summed E-state index contributed by atoms with van der Waals surface area (Å²) >= 11 is 12.3. The molecule has 126 valence electrons. The molecule has 1 aromatic carbocycles. The number of hydrogen-bond donors (Lipinski definition) is 1. The molecule has 0 saturated heterocycles. The van der Waals surface area contributed by atoms with E-state index >= 15 is 0 Å². The van der Waals surface area contributed by atoms with Gasteiger partial charge < -0.3 is 10.1 Å². The molecular formula is C17H17Cl2N3O2. The van der Waals surface area contributed by atoms with Crippen molar-refractivity contribution >= 4 is 29.1 Å². The number of amides is 1. The second-order valence-electron chi connectivity index (χ2n) is 5.59. The van der Waals surface area contributed by atoms with Crippen molar-refractivity contribution in [1.82, 2.24) is 15.3 Å². The third kappa shape index (κ3) is 3.97. The van der Waals surface area contributed by atoms with Crippen molar-refractivity contribution in [2.45, 2.75) is 31.7 Å². The molecule has 24 heavy (non-hydrogen) atoms. The van der Waals surface area contributed by atoms with Crippen LogP contribution in [0.15, 0.2) is 30.7 Å². The van der Waals surface area contributed by atoms with Gasteiger partial charge in [0.15, 0.2) is 0 Å². The minimum absolute atomic E-state index is 0.0301. The summed E-state index contributed by atoms with van der Waals surface area (Å²) in [6, 6.07) is 5.28. The van der Waals surface area contributed by atoms with Crippen LogP contribution in [0.2, 0.25) is 10.0 Å². The summed E-state index contributed by atoms with van der Waals surface area (Å²) in [4.78, 5) is 20.3. The molecule has 0 aliphatic carbocycles. The quantitative estimate of drug-likeness (QED) is 0.895. The first-order valence-electron chi connectivity index (χ1n) is 7.80. The van der Waals surface area contributed by atoms with Gasteiger partial charge in [0, 0.05) is 23.9 Å². The standard InChI is InChI=1S/C17H17Cl2N3O2/c18-13-5-4-12-14(2-1-9-24-17(12)16(13)19)22-15(23)6-3-11-7-8-20-10-21-11/h4-5,7-8,10,14H,1-3,6,9H2,(H,22,23)/t14-/m0/s1. The van der Waals surface area contributed by atoms with Gasteiger partial charge in [-0.15, -0.1) is 0 Å². The van der Waals surface area contributed by atoms with Crippen LogP contribution in [0.4, 0.5) is 0 Å². The van der Waals surface area contributed by atoms with Crippen LogP contribution in [0, 0.1) is 0 Å². The Bertz CT molecular complexity index is 725. The van der Waals surface area contributed by atoms with Crippen molar-refractivity contribution in [2.24, 2.45) is 0 Å². The first-order valence-corrected chi connectivity index (χ1v) is 8.55. The number of nitrogens with zero attached hydrogens (tertiary/aromatic N) is 2. The zero-order valence-corrected chi connectivity index (χ0v) is 14.5. The molecule has 1 aliphatic heterocycles. The van der Waals surface area contributed by atoms with Gasteiger partial charge in [-0.2, -0.15) is 0 Å². The van der Waals surface area contributed by atoms with Crippen molar-refractivity contribution < 1.29 is 9.53 Å². The Labute approximate surface area is 150 Å². The highest BCUT2D eigenvalue weighted by molar-refractivity contribution is 6.43. The van der Waals surface area contributed by atoms with Gasteiger partial charge >= 0.3 is 0 Å². The zero-order chi connectivity index (χ0) is 16.9. The van der Waals surface area contributed by atoms with Gasteiger partial charge in [0.2, 0.25) is 5.91 Å². The molecule has 2 heterocycles.